The molecule has 1 saturated carbocycles. The number of carbonyl (C=O) groups is 3. The van der Waals surface area contributed by atoms with Crippen molar-refractivity contribution >= 4 is 29.4 Å². The average molecular weight is 444 g/mol. The zero-order valence-corrected chi connectivity index (χ0v) is 18.0. The quantitative estimate of drug-likeness (QED) is 0.702. The molecule has 1 aliphatic carbocycles. The lowest BCUT2D eigenvalue weighted by Gasteiger charge is -2.47. The lowest BCUT2D eigenvalue weighted by atomic mass is 9.81. The van der Waals surface area contributed by atoms with Gasteiger partial charge in [0.1, 0.15) is 5.76 Å². The Morgan fingerprint density at radius 2 is 1.94 bits per heavy atom. The van der Waals surface area contributed by atoms with E-state index in [1.165, 1.54) is 4.90 Å². The molecule has 1 N–H and O–H groups in total. The molecule has 1 aromatic heterocycles. The lowest BCUT2D eigenvalue weighted by molar-refractivity contribution is -0.141. The number of imide groups is 1. The van der Waals surface area contributed by atoms with Gasteiger partial charge in [-0.2, -0.15) is 0 Å². The Labute approximate surface area is 186 Å². The molecule has 2 aliphatic rings. The third kappa shape index (κ3) is 4.77. The van der Waals surface area contributed by atoms with Crippen molar-refractivity contribution in [3.63, 3.8) is 0 Å². The third-order valence-electron chi connectivity index (χ3n) is 6.09. The number of amides is 4. The maximum absolute atomic E-state index is 13.3. The molecule has 1 aliphatic heterocycles. The van der Waals surface area contributed by atoms with Crippen molar-refractivity contribution in [3.8, 4) is 0 Å². The molecule has 0 radical (unpaired) electrons. The van der Waals surface area contributed by atoms with Crippen LogP contribution in [0.1, 0.15) is 43.4 Å². The molecule has 4 amide bonds. The fourth-order valence-corrected chi connectivity index (χ4v) is 4.66. The third-order valence-corrected chi connectivity index (χ3v) is 6.46. The zero-order chi connectivity index (χ0) is 21.8. The highest BCUT2D eigenvalue weighted by Gasteiger charge is 2.46. The van der Waals surface area contributed by atoms with Gasteiger partial charge in [-0.3, -0.25) is 14.5 Å². The summed E-state index contributed by atoms with van der Waals surface area (Å²) in [4.78, 5) is 41.7. The SMILES string of the molecule is O=C(CCN1C(=O)C2CCCCC2N(Cc2ccccc2Cl)C1=O)NCc1ccco1. The van der Waals surface area contributed by atoms with E-state index in [0.29, 0.717) is 17.3 Å². The van der Waals surface area contributed by atoms with Crippen LogP contribution in [0.15, 0.2) is 47.1 Å². The smallest absolute Gasteiger partial charge is 0.327 e. The molecule has 4 rings (SSSR count). The van der Waals surface area contributed by atoms with Gasteiger partial charge < -0.3 is 14.6 Å². The fraction of sp³-hybridized carbons (Fsp3) is 0.435. The predicted octanol–water partition coefficient (Wildman–Crippen LogP) is 3.96. The van der Waals surface area contributed by atoms with Crippen molar-refractivity contribution in [2.75, 3.05) is 6.54 Å². The van der Waals surface area contributed by atoms with Crippen molar-refractivity contribution in [1.82, 2.24) is 15.1 Å². The van der Waals surface area contributed by atoms with E-state index < -0.39 is 0 Å². The maximum Gasteiger partial charge on any atom is 0.327 e. The van der Waals surface area contributed by atoms with E-state index >= 15 is 0 Å². The number of hydrogen-bond donors (Lipinski definition) is 1. The number of rotatable bonds is 7. The Kier molecular flexibility index (Phi) is 6.61. The van der Waals surface area contributed by atoms with E-state index in [4.69, 9.17) is 16.0 Å². The summed E-state index contributed by atoms with van der Waals surface area (Å²) < 4.78 is 5.20. The van der Waals surface area contributed by atoms with Crippen LogP contribution in [0.3, 0.4) is 0 Å². The van der Waals surface area contributed by atoms with Gasteiger partial charge in [-0.25, -0.2) is 4.79 Å². The second-order valence-electron chi connectivity index (χ2n) is 8.06. The molecule has 8 heteroatoms. The van der Waals surface area contributed by atoms with E-state index in [9.17, 15) is 14.4 Å². The molecular formula is C23H26ClN3O4. The summed E-state index contributed by atoms with van der Waals surface area (Å²) >= 11 is 6.33. The lowest BCUT2D eigenvalue weighted by Crippen LogP contribution is -2.62. The molecule has 2 atom stereocenters. The first-order valence-electron chi connectivity index (χ1n) is 10.7. The topological polar surface area (TPSA) is 82.9 Å². The molecule has 0 bridgehead atoms. The minimum absolute atomic E-state index is 0.0511. The standard InChI is InChI=1S/C23H26ClN3O4/c24-19-9-3-1-6-16(19)15-27-20-10-4-2-8-18(20)22(29)26(23(27)30)12-11-21(28)25-14-17-7-5-13-31-17/h1,3,5-7,9,13,18,20H,2,4,8,10-12,14-15H2,(H,25,28). The first-order valence-corrected chi connectivity index (χ1v) is 11.1. The van der Waals surface area contributed by atoms with Crippen LogP contribution in [0.4, 0.5) is 4.79 Å². The molecule has 7 nitrogen and oxygen atoms in total. The van der Waals surface area contributed by atoms with Crippen molar-refractivity contribution in [2.45, 2.75) is 51.2 Å². The molecule has 2 unspecified atom stereocenters. The van der Waals surface area contributed by atoms with Crippen molar-refractivity contribution in [3.05, 3.63) is 59.0 Å². The predicted molar refractivity (Wildman–Crippen MR) is 115 cm³/mol. The van der Waals surface area contributed by atoms with Crippen LogP contribution in [0.5, 0.6) is 0 Å². The van der Waals surface area contributed by atoms with Gasteiger partial charge in [-0.1, -0.05) is 42.6 Å². The van der Waals surface area contributed by atoms with E-state index in [1.807, 2.05) is 18.2 Å². The van der Waals surface area contributed by atoms with Crippen molar-refractivity contribution in [2.24, 2.45) is 5.92 Å². The number of urea groups is 1. The second kappa shape index (κ2) is 9.56. The van der Waals surface area contributed by atoms with Gasteiger partial charge in [-0.05, 0) is 36.6 Å². The van der Waals surface area contributed by atoms with Crippen LogP contribution in [-0.2, 0) is 22.7 Å². The Morgan fingerprint density at radius 3 is 2.71 bits per heavy atom. The molecule has 2 heterocycles. The van der Waals surface area contributed by atoms with E-state index in [2.05, 4.69) is 5.32 Å². The van der Waals surface area contributed by atoms with Crippen LogP contribution in [0.2, 0.25) is 5.02 Å². The fourth-order valence-electron chi connectivity index (χ4n) is 4.47. The van der Waals surface area contributed by atoms with Gasteiger partial charge in [0.2, 0.25) is 11.8 Å². The van der Waals surface area contributed by atoms with Crippen LogP contribution in [0, 0.1) is 5.92 Å². The zero-order valence-electron chi connectivity index (χ0n) is 17.3. The normalized spacial score (nSPS) is 21.2. The summed E-state index contributed by atoms with van der Waals surface area (Å²) in [7, 11) is 0. The molecular weight excluding hydrogens is 418 g/mol. The highest BCUT2D eigenvalue weighted by Crippen LogP contribution is 2.36. The Balaban J connectivity index is 1.45. The molecule has 31 heavy (non-hydrogen) atoms. The molecule has 164 valence electrons. The minimum atomic E-state index is -0.341. The number of nitrogens with zero attached hydrogens (tertiary/aromatic N) is 2. The summed E-state index contributed by atoms with van der Waals surface area (Å²) in [5.41, 5.74) is 0.854. The largest absolute Gasteiger partial charge is 0.467 e. The number of halogens is 1. The van der Waals surface area contributed by atoms with Crippen molar-refractivity contribution in [1.29, 1.82) is 0 Å². The van der Waals surface area contributed by atoms with Gasteiger partial charge in [-0.15, -0.1) is 0 Å². The Morgan fingerprint density at radius 1 is 1.13 bits per heavy atom. The van der Waals surface area contributed by atoms with Crippen LogP contribution < -0.4 is 5.32 Å². The molecule has 1 aromatic carbocycles. The number of benzene rings is 1. The van der Waals surface area contributed by atoms with Gasteiger partial charge in [0, 0.05) is 30.6 Å². The maximum atomic E-state index is 13.3. The Bertz CT molecular complexity index is 946. The first kappa shape index (κ1) is 21.4. The number of hydrogen-bond acceptors (Lipinski definition) is 4. The minimum Gasteiger partial charge on any atom is -0.467 e. The van der Waals surface area contributed by atoms with Crippen LogP contribution >= 0.6 is 11.6 Å². The highest BCUT2D eigenvalue weighted by molar-refractivity contribution is 6.31. The summed E-state index contributed by atoms with van der Waals surface area (Å²) in [6.07, 6.45) is 5.13. The highest BCUT2D eigenvalue weighted by atomic mass is 35.5. The van der Waals surface area contributed by atoms with Gasteiger partial charge >= 0.3 is 6.03 Å². The van der Waals surface area contributed by atoms with Crippen LogP contribution in [0.25, 0.3) is 0 Å². The first-order chi connectivity index (χ1) is 15.0. The van der Waals surface area contributed by atoms with E-state index in [-0.39, 0.29) is 49.3 Å². The molecule has 2 aromatic rings. The number of fused-ring (bicyclic) bond motifs is 1. The van der Waals surface area contributed by atoms with Crippen LogP contribution in [-0.4, -0.2) is 40.2 Å². The summed E-state index contributed by atoms with van der Waals surface area (Å²) in [6.45, 7) is 0.690. The average Bonchev–Trinajstić information content (AvgIpc) is 3.30. The second-order valence-corrected chi connectivity index (χ2v) is 8.46. The van der Waals surface area contributed by atoms with E-state index in [0.717, 1.165) is 31.2 Å². The van der Waals surface area contributed by atoms with Crippen molar-refractivity contribution < 1.29 is 18.8 Å². The van der Waals surface area contributed by atoms with Gasteiger partial charge in [0.05, 0.1) is 18.7 Å². The monoisotopic (exact) mass is 443 g/mol. The molecule has 0 spiro atoms. The van der Waals surface area contributed by atoms with E-state index in [1.54, 1.807) is 29.4 Å². The molecule has 2 fully saturated rings. The summed E-state index contributed by atoms with van der Waals surface area (Å²) in [5.74, 6) is 0.0268. The van der Waals surface area contributed by atoms with Gasteiger partial charge in [0.15, 0.2) is 0 Å². The number of furan rings is 1. The summed E-state index contributed by atoms with van der Waals surface area (Å²) in [5, 5.41) is 3.36. The number of nitrogens with one attached hydrogen (secondary N) is 1. The molecule has 1 saturated heterocycles. The summed E-state index contributed by atoms with van der Waals surface area (Å²) in [6, 6.07) is 10.5. The number of carbonyl (C=O) groups excluding carboxylic acids is 3. The van der Waals surface area contributed by atoms with Gasteiger partial charge in [0.25, 0.3) is 0 Å². The Hall–Kier alpha value is -2.80.